The predicted molar refractivity (Wildman–Crippen MR) is 79.1 cm³/mol. The maximum atomic E-state index is 10.7. The van der Waals surface area contributed by atoms with Crippen LogP contribution in [-0.2, 0) is 17.8 Å². The van der Waals surface area contributed by atoms with Gasteiger partial charge in [-0.3, -0.25) is 4.79 Å². The molecule has 19 heavy (non-hydrogen) atoms. The topological polar surface area (TPSA) is 53.4 Å². The highest BCUT2D eigenvalue weighted by Crippen LogP contribution is 2.26. The lowest BCUT2D eigenvalue weighted by atomic mass is 10.3. The third kappa shape index (κ3) is 3.78. The van der Waals surface area contributed by atoms with Gasteiger partial charge in [-0.1, -0.05) is 6.07 Å². The maximum absolute atomic E-state index is 10.7. The first-order valence-electron chi connectivity index (χ1n) is 6.01. The zero-order valence-electron chi connectivity index (χ0n) is 10.9. The van der Waals surface area contributed by atoms with Crippen LogP contribution in [0.3, 0.4) is 0 Å². The van der Waals surface area contributed by atoms with Gasteiger partial charge < -0.3 is 10.0 Å². The quantitative estimate of drug-likeness (QED) is 0.889. The van der Waals surface area contributed by atoms with E-state index in [2.05, 4.69) is 35.2 Å². The summed E-state index contributed by atoms with van der Waals surface area (Å²) in [6.45, 7) is 5.05. The van der Waals surface area contributed by atoms with Crippen molar-refractivity contribution < 1.29 is 9.90 Å². The summed E-state index contributed by atoms with van der Waals surface area (Å²) >= 11 is 3.23. The number of hydrogen-bond acceptors (Lipinski definition) is 5. The van der Waals surface area contributed by atoms with Crippen LogP contribution in [0.15, 0.2) is 22.9 Å². The summed E-state index contributed by atoms with van der Waals surface area (Å²) in [5.41, 5.74) is 0.629. The van der Waals surface area contributed by atoms with Crippen molar-refractivity contribution >= 4 is 33.8 Å². The lowest BCUT2D eigenvalue weighted by molar-refractivity contribution is -0.136. The summed E-state index contributed by atoms with van der Waals surface area (Å²) in [5, 5.41) is 13.6. The van der Waals surface area contributed by atoms with Crippen LogP contribution in [0.1, 0.15) is 24.4 Å². The molecule has 0 aromatic carbocycles. The van der Waals surface area contributed by atoms with Crippen molar-refractivity contribution in [1.29, 1.82) is 0 Å². The Morgan fingerprint density at radius 2 is 2.26 bits per heavy atom. The number of thiazole rings is 1. The molecule has 0 radical (unpaired) electrons. The Kier molecular flexibility index (Phi) is 4.55. The fourth-order valence-electron chi connectivity index (χ4n) is 1.71. The molecule has 0 atom stereocenters. The van der Waals surface area contributed by atoms with Gasteiger partial charge in [-0.15, -0.1) is 22.7 Å². The Balaban J connectivity index is 2.14. The molecule has 0 unspecified atom stereocenters. The van der Waals surface area contributed by atoms with Crippen molar-refractivity contribution in [3.8, 4) is 0 Å². The van der Waals surface area contributed by atoms with Crippen molar-refractivity contribution in [2.24, 2.45) is 0 Å². The summed E-state index contributed by atoms with van der Waals surface area (Å²) in [6.07, 6.45) is -0.0125. The van der Waals surface area contributed by atoms with E-state index in [-0.39, 0.29) is 6.42 Å². The second-order valence-electron chi connectivity index (χ2n) is 4.49. The first-order chi connectivity index (χ1) is 9.06. The molecule has 0 saturated heterocycles. The molecule has 2 aromatic heterocycles. The van der Waals surface area contributed by atoms with Gasteiger partial charge in [0.1, 0.15) is 0 Å². The van der Waals surface area contributed by atoms with Crippen LogP contribution >= 0.6 is 22.7 Å². The van der Waals surface area contributed by atoms with Crippen LogP contribution in [0, 0.1) is 0 Å². The highest BCUT2D eigenvalue weighted by molar-refractivity contribution is 7.13. The number of aliphatic carboxylic acids is 1. The molecule has 0 spiro atoms. The molecule has 102 valence electrons. The molecule has 0 aliphatic rings. The smallest absolute Gasteiger partial charge is 0.309 e. The Bertz CT molecular complexity index is 535. The van der Waals surface area contributed by atoms with E-state index in [1.54, 1.807) is 11.3 Å². The molecular weight excluding hydrogens is 280 g/mol. The minimum atomic E-state index is -0.841. The van der Waals surface area contributed by atoms with Gasteiger partial charge >= 0.3 is 5.97 Å². The van der Waals surface area contributed by atoms with Gasteiger partial charge in [-0.2, -0.15) is 0 Å². The number of thiophene rings is 1. The summed E-state index contributed by atoms with van der Waals surface area (Å²) < 4.78 is 0. The Hall–Kier alpha value is -1.40. The molecule has 0 fully saturated rings. The van der Waals surface area contributed by atoms with Crippen molar-refractivity contribution in [3.05, 3.63) is 33.5 Å². The molecule has 0 bridgehead atoms. The van der Waals surface area contributed by atoms with Crippen molar-refractivity contribution in [1.82, 2.24) is 4.98 Å². The van der Waals surface area contributed by atoms with Crippen LogP contribution in [0.4, 0.5) is 5.13 Å². The van der Waals surface area contributed by atoms with Gasteiger partial charge in [0.15, 0.2) is 5.13 Å². The second kappa shape index (κ2) is 6.16. The lowest BCUT2D eigenvalue weighted by Crippen LogP contribution is -2.29. The normalized spacial score (nSPS) is 10.9. The number of hydrogen-bond donors (Lipinski definition) is 1. The molecule has 2 heterocycles. The average Bonchev–Trinajstić information content (AvgIpc) is 2.95. The predicted octanol–water partition coefficient (Wildman–Crippen LogP) is 3.25. The first-order valence-corrected chi connectivity index (χ1v) is 7.77. The minimum absolute atomic E-state index is 0.0125. The molecule has 0 aliphatic heterocycles. The monoisotopic (exact) mass is 296 g/mol. The SMILES string of the molecule is CC(C)N(Cc1cccs1)c1nc(CC(=O)O)cs1. The van der Waals surface area contributed by atoms with E-state index >= 15 is 0 Å². The highest BCUT2D eigenvalue weighted by atomic mass is 32.1. The number of aromatic nitrogens is 1. The Morgan fingerprint density at radius 1 is 1.47 bits per heavy atom. The van der Waals surface area contributed by atoms with Crippen LogP contribution < -0.4 is 4.90 Å². The first kappa shape index (κ1) is 14.0. The van der Waals surface area contributed by atoms with E-state index in [9.17, 15) is 4.79 Å². The molecule has 0 amide bonds. The zero-order valence-corrected chi connectivity index (χ0v) is 12.5. The van der Waals surface area contributed by atoms with Gasteiger partial charge in [0.25, 0.3) is 0 Å². The average molecular weight is 296 g/mol. The van der Waals surface area contributed by atoms with Gasteiger partial charge in [0.05, 0.1) is 18.7 Å². The molecular formula is C13H16N2O2S2. The molecule has 0 aliphatic carbocycles. The molecule has 2 rings (SSSR count). The van der Waals surface area contributed by atoms with E-state index in [4.69, 9.17) is 5.11 Å². The Labute approximate surface area is 120 Å². The summed E-state index contributed by atoms with van der Waals surface area (Å²) in [6, 6.07) is 4.47. The molecule has 0 saturated carbocycles. The van der Waals surface area contributed by atoms with E-state index in [0.29, 0.717) is 11.7 Å². The highest BCUT2D eigenvalue weighted by Gasteiger charge is 2.16. The number of nitrogens with zero attached hydrogens (tertiary/aromatic N) is 2. The number of rotatable bonds is 6. The van der Waals surface area contributed by atoms with E-state index in [1.807, 2.05) is 11.4 Å². The number of carboxylic acid groups (broad SMARTS) is 1. The van der Waals surface area contributed by atoms with Gasteiger partial charge in [-0.05, 0) is 25.3 Å². The van der Waals surface area contributed by atoms with E-state index in [0.717, 1.165) is 11.7 Å². The standard InChI is InChI=1S/C13H16N2O2S2/c1-9(2)15(7-11-4-3-5-18-11)13-14-10(8-19-13)6-12(16)17/h3-5,8-9H,6-7H2,1-2H3,(H,16,17). The van der Waals surface area contributed by atoms with Crippen molar-refractivity contribution in [2.45, 2.75) is 32.9 Å². The summed E-state index contributed by atoms with van der Waals surface area (Å²) in [7, 11) is 0. The van der Waals surface area contributed by atoms with Crippen LogP contribution in [0.2, 0.25) is 0 Å². The second-order valence-corrected chi connectivity index (χ2v) is 6.36. The summed E-state index contributed by atoms with van der Waals surface area (Å²) in [5.74, 6) is -0.841. The molecule has 4 nitrogen and oxygen atoms in total. The van der Waals surface area contributed by atoms with Crippen molar-refractivity contribution in [2.75, 3.05) is 4.90 Å². The minimum Gasteiger partial charge on any atom is -0.481 e. The third-order valence-electron chi connectivity index (χ3n) is 2.65. The van der Waals surface area contributed by atoms with Crippen LogP contribution in [0.5, 0.6) is 0 Å². The Morgan fingerprint density at radius 3 is 2.84 bits per heavy atom. The van der Waals surface area contributed by atoms with E-state index in [1.165, 1.54) is 16.2 Å². The zero-order chi connectivity index (χ0) is 13.8. The van der Waals surface area contributed by atoms with Gasteiger partial charge in [0.2, 0.25) is 0 Å². The number of carbonyl (C=O) groups is 1. The number of anilines is 1. The fourth-order valence-corrected chi connectivity index (χ4v) is 3.37. The molecule has 1 N–H and O–H groups in total. The number of carboxylic acids is 1. The van der Waals surface area contributed by atoms with Gasteiger partial charge in [0, 0.05) is 16.3 Å². The van der Waals surface area contributed by atoms with Crippen molar-refractivity contribution in [3.63, 3.8) is 0 Å². The summed E-state index contributed by atoms with van der Waals surface area (Å²) in [4.78, 5) is 18.6. The molecule has 2 aromatic rings. The maximum Gasteiger partial charge on any atom is 0.309 e. The largest absolute Gasteiger partial charge is 0.481 e. The van der Waals surface area contributed by atoms with Crippen LogP contribution in [-0.4, -0.2) is 22.1 Å². The van der Waals surface area contributed by atoms with Gasteiger partial charge in [-0.25, -0.2) is 4.98 Å². The van der Waals surface area contributed by atoms with E-state index < -0.39 is 5.97 Å². The lowest BCUT2D eigenvalue weighted by Gasteiger charge is -2.25. The fraction of sp³-hybridized carbons (Fsp3) is 0.385. The molecule has 6 heteroatoms. The van der Waals surface area contributed by atoms with Crippen LogP contribution in [0.25, 0.3) is 0 Å². The third-order valence-corrected chi connectivity index (χ3v) is 4.43.